The fraction of sp³-hybridized carbons (Fsp3) is 0.417. The van der Waals surface area contributed by atoms with E-state index in [1.54, 1.807) is 0 Å². The maximum atomic E-state index is 11.9. The Morgan fingerprint density at radius 2 is 2.12 bits per heavy atom. The highest BCUT2D eigenvalue weighted by Crippen LogP contribution is 2.40. The van der Waals surface area contributed by atoms with Gasteiger partial charge in [0.25, 0.3) is 5.88 Å². The van der Waals surface area contributed by atoms with E-state index in [9.17, 15) is 24.6 Å². The Labute approximate surface area is 155 Å². The third kappa shape index (κ3) is 3.21. The predicted molar refractivity (Wildman–Crippen MR) is 92.6 cm³/mol. The van der Waals surface area contributed by atoms with Crippen molar-refractivity contribution >= 4 is 47.8 Å². The molecule has 1 saturated heterocycles. The van der Waals surface area contributed by atoms with E-state index in [0.29, 0.717) is 11.3 Å². The highest BCUT2D eigenvalue weighted by atomic mass is 35.5. The molecule has 0 spiro atoms. The zero-order valence-electron chi connectivity index (χ0n) is 12.8. The number of aromatic nitrogens is 3. The highest BCUT2D eigenvalue weighted by molar-refractivity contribution is 8.01. The summed E-state index contributed by atoms with van der Waals surface area (Å²) < 4.78 is 1.12. The molecule has 4 N–H and O–H groups in total. The number of rotatable bonds is 4. The summed E-state index contributed by atoms with van der Waals surface area (Å²) in [6.07, 6.45) is 0. The van der Waals surface area contributed by atoms with Crippen LogP contribution in [0.3, 0.4) is 0 Å². The van der Waals surface area contributed by atoms with Crippen molar-refractivity contribution in [1.29, 1.82) is 0 Å². The Hall–Kier alpha value is -1.76. The van der Waals surface area contributed by atoms with Crippen molar-refractivity contribution in [2.24, 2.45) is 12.8 Å². The van der Waals surface area contributed by atoms with Gasteiger partial charge < -0.3 is 15.9 Å². The van der Waals surface area contributed by atoms with Gasteiger partial charge in [0.2, 0.25) is 5.91 Å². The molecule has 1 aromatic heterocycles. The molecule has 13 heteroatoms. The van der Waals surface area contributed by atoms with Crippen molar-refractivity contribution in [3.05, 3.63) is 21.6 Å². The predicted octanol–water partition coefficient (Wildman–Crippen LogP) is -1.02. The van der Waals surface area contributed by atoms with Crippen LogP contribution >= 0.6 is 35.9 Å². The maximum absolute atomic E-state index is 11.9. The molecule has 0 aliphatic carbocycles. The van der Waals surface area contributed by atoms with Crippen molar-refractivity contribution < 1.29 is 19.8 Å². The molecule has 3 heterocycles. The monoisotopic (exact) mass is 407 g/mol. The summed E-state index contributed by atoms with van der Waals surface area (Å²) in [5.74, 6) is -1.68. The van der Waals surface area contributed by atoms with Crippen LogP contribution in [0.25, 0.3) is 0 Å². The number of carbonyl (C=O) groups is 2. The van der Waals surface area contributed by atoms with Gasteiger partial charge in [-0.3, -0.25) is 19.1 Å². The number of thioether (sulfide) groups is 2. The molecule has 2 atom stereocenters. The maximum Gasteiger partial charge on any atom is 0.352 e. The van der Waals surface area contributed by atoms with Crippen molar-refractivity contribution in [1.82, 2.24) is 19.7 Å². The SMILES string of the molecule is Cl.Cn1c(SCC2=C(C(=O)O)N3C(=O)C(N)[C@H]3SC2)nnc(O)c1=O. The summed E-state index contributed by atoms with van der Waals surface area (Å²) in [4.78, 5) is 36.2. The number of nitrogens with zero attached hydrogens (tertiary/aromatic N) is 4. The van der Waals surface area contributed by atoms with E-state index in [-0.39, 0.29) is 34.4 Å². The molecule has 1 aromatic rings. The molecule has 0 saturated carbocycles. The average Bonchev–Trinajstić information content (AvgIpc) is 2.57. The number of hydrogen-bond donors (Lipinski definition) is 3. The standard InChI is InChI=1S/C12H13N5O5S2.ClH/c1-16-9(20)7(18)14-15-12(16)24-3-4-2-23-10-5(13)8(19)17(10)6(4)11(21)22;/h5,10H,2-3,13H2,1H3,(H,14,18)(H,21,22);1H/t5?,10-;/m1./s1. The molecule has 1 fully saturated rings. The molecule has 0 aromatic carbocycles. The molecule has 0 radical (unpaired) electrons. The Bertz CT molecular complexity index is 829. The lowest BCUT2D eigenvalue weighted by Crippen LogP contribution is -2.68. The number of hydrogen-bond acceptors (Lipinski definition) is 9. The minimum absolute atomic E-state index is 0. The van der Waals surface area contributed by atoms with E-state index in [0.717, 1.165) is 16.3 Å². The van der Waals surface area contributed by atoms with Gasteiger partial charge in [-0.05, 0) is 5.57 Å². The minimum Gasteiger partial charge on any atom is -0.488 e. The van der Waals surface area contributed by atoms with Gasteiger partial charge in [-0.15, -0.1) is 34.4 Å². The van der Waals surface area contributed by atoms with Gasteiger partial charge in [0.1, 0.15) is 17.1 Å². The molecule has 25 heavy (non-hydrogen) atoms. The highest BCUT2D eigenvalue weighted by Gasteiger charge is 2.51. The van der Waals surface area contributed by atoms with E-state index < -0.39 is 29.4 Å². The second kappa shape index (κ2) is 7.23. The fourth-order valence-corrected chi connectivity index (χ4v) is 4.74. The molecule has 0 bridgehead atoms. The summed E-state index contributed by atoms with van der Waals surface area (Å²) in [6.45, 7) is 0. The number of carboxylic acid groups (broad SMARTS) is 1. The normalized spacial score (nSPS) is 22.2. The Kier molecular flexibility index (Phi) is 5.66. The Morgan fingerprint density at radius 1 is 1.44 bits per heavy atom. The second-order valence-electron chi connectivity index (χ2n) is 5.15. The van der Waals surface area contributed by atoms with E-state index in [4.69, 9.17) is 5.73 Å². The number of fused-ring (bicyclic) bond motifs is 1. The van der Waals surface area contributed by atoms with Crippen LogP contribution in [0.1, 0.15) is 0 Å². The lowest BCUT2D eigenvalue weighted by atomic mass is 10.0. The topological polar surface area (TPSA) is 152 Å². The van der Waals surface area contributed by atoms with Gasteiger partial charge in [-0.25, -0.2) is 4.79 Å². The fourth-order valence-electron chi connectivity index (χ4n) is 2.41. The molecule has 1 amide bonds. The van der Waals surface area contributed by atoms with Crippen molar-refractivity contribution in [2.45, 2.75) is 16.6 Å². The van der Waals surface area contributed by atoms with Gasteiger partial charge in [-0.1, -0.05) is 11.8 Å². The molecule has 2 aliphatic rings. The molecule has 136 valence electrons. The number of amides is 1. The Balaban J connectivity index is 0.00000225. The molecular weight excluding hydrogens is 394 g/mol. The number of nitrogens with two attached hydrogens (primary N) is 1. The van der Waals surface area contributed by atoms with Crippen LogP contribution in [0, 0.1) is 0 Å². The van der Waals surface area contributed by atoms with Crippen LogP contribution in [0.15, 0.2) is 21.2 Å². The van der Waals surface area contributed by atoms with Gasteiger partial charge in [0.15, 0.2) is 5.16 Å². The zero-order chi connectivity index (χ0) is 17.6. The first-order valence-corrected chi connectivity index (χ1v) is 8.77. The average molecular weight is 408 g/mol. The summed E-state index contributed by atoms with van der Waals surface area (Å²) in [6, 6.07) is -0.678. The molecule has 3 rings (SSSR count). The Morgan fingerprint density at radius 3 is 2.76 bits per heavy atom. The van der Waals surface area contributed by atoms with Gasteiger partial charge in [0.05, 0.1) is 0 Å². The first-order valence-electron chi connectivity index (χ1n) is 6.74. The van der Waals surface area contributed by atoms with Gasteiger partial charge in [-0.2, -0.15) is 0 Å². The smallest absolute Gasteiger partial charge is 0.352 e. The van der Waals surface area contributed by atoms with E-state index in [1.165, 1.54) is 23.7 Å². The number of carboxylic acids is 1. The van der Waals surface area contributed by atoms with E-state index >= 15 is 0 Å². The zero-order valence-corrected chi connectivity index (χ0v) is 15.2. The van der Waals surface area contributed by atoms with Crippen LogP contribution < -0.4 is 11.3 Å². The van der Waals surface area contributed by atoms with Crippen LogP contribution in [-0.2, 0) is 16.6 Å². The number of aliphatic carboxylic acids is 1. The third-order valence-electron chi connectivity index (χ3n) is 3.68. The number of halogens is 1. The van der Waals surface area contributed by atoms with E-state index in [2.05, 4.69) is 10.2 Å². The second-order valence-corrected chi connectivity index (χ2v) is 7.20. The van der Waals surface area contributed by atoms with E-state index in [1.807, 2.05) is 0 Å². The third-order valence-corrected chi connectivity index (χ3v) is 6.15. The van der Waals surface area contributed by atoms with Crippen LogP contribution in [0.5, 0.6) is 5.88 Å². The minimum atomic E-state index is -1.19. The number of aromatic hydroxyl groups is 1. The number of β-lactam (4-membered cyclic amide) rings is 1. The molecule has 2 aliphatic heterocycles. The summed E-state index contributed by atoms with van der Waals surface area (Å²) in [5, 5.41) is 25.6. The quantitative estimate of drug-likeness (QED) is 0.417. The van der Waals surface area contributed by atoms with Gasteiger partial charge in [0, 0.05) is 18.6 Å². The van der Waals surface area contributed by atoms with Crippen molar-refractivity contribution in [3.63, 3.8) is 0 Å². The summed E-state index contributed by atoms with van der Waals surface area (Å²) >= 11 is 2.50. The summed E-state index contributed by atoms with van der Waals surface area (Å²) in [5.41, 5.74) is 5.47. The summed E-state index contributed by atoms with van der Waals surface area (Å²) in [7, 11) is 1.43. The van der Waals surface area contributed by atoms with Gasteiger partial charge >= 0.3 is 11.5 Å². The largest absolute Gasteiger partial charge is 0.488 e. The van der Waals surface area contributed by atoms with Crippen LogP contribution in [-0.4, -0.2) is 64.7 Å². The molecular formula is C12H14ClN5O5S2. The lowest BCUT2D eigenvalue weighted by molar-refractivity contribution is -0.147. The van der Waals surface area contributed by atoms with Crippen molar-refractivity contribution in [3.8, 4) is 5.88 Å². The first-order chi connectivity index (χ1) is 11.3. The molecule has 10 nitrogen and oxygen atoms in total. The van der Waals surface area contributed by atoms with Crippen molar-refractivity contribution in [2.75, 3.05) is 11.5 Å². The number of carbonyl (C=O) groups excluding carboxylic acids is 1. The van der Waals surface area contributed by atoms with Crippen LogP contribution in [0.4, 0.5) is 0 Å². The lowest BCUT2D eigenvalue weighted by Gasteiger charge is -2.48. The molecule has 1 unspecified atom stereocenters. The first kappa shape index (κ1) is 19.6. The van der Waals surface area contributed by atoms with Crippen LogP contribution in [0.2, 0.25) is 0 Å².